The minimum Gasteiger partial charge on any atom is -0.355 e. The van der Waals surface area contributed by atoms with E-state index in [0.29, 0.717) is 13.1 Å². The van der Waals surface area contributed by atoms with Gasteiger partial charge in [-0.2, -0.15) is 0 Å². The van der Waals surface area contributed by atoms with Gasteiger partial charge >= 0.3 is 0 Å². The molecule has 1 aromatic heterocycles. The lowest BCUT2D eigenvalue weighted by Crippen LogP contribution is -2.25. The Morgan fingerprint density at radius 3 is 2.89 bits per heavy atom. The zero-order valence-corrected chi connectivity index (χ0v) is 12.2. The van der Waals surface area contributed by atoms with Crippen LogP contribution in [0.1, 0.15) is 30.6 Å². The molecule has 0 saturated carbocycles. The van der Waals surface area contributed by atoms with E-state index < -0.39 is 0 Å². The second-order valence-corrected chi connectivity index (χ2v) is 5.32. The number of alkyl halides is 1. The molecule has 1 atom stereocenters. The summed E-state index contributed by atoms with van der Waals surface area (Å²) < 4.78 is 2.08. The van der Waals surface area contributed by atoms with Gasteiger partial charge in [0.05, 0.1) is 16.4 Å². The quantitative estimate of drug-likeness (QED) is 0.875. The van der Waals surface area contributed by atoms with Crippen LogP contribution in [0.4, 0.5) is 0 Å². The van der Waals surface area contributed by atoms with Crippen LogP contribution in [0, 0.1) is 6.92 Å². The maximum Gasteiger partial charge on any atom is 0.216 e. The van der Waals surface area contributed by atoms with Crippen LogP contribution in [0.3, 0.4) is 0 Å². The second-order valence-electron chi connectivity index (χ2n) is 4.66. The molecule has 0 radical (unpaired) electrons. The number of aromatic nitrogens is 2. The average molecular weight is 280 g/mol. The standard InChI is InChI=1S/C14H18ClN3O/c1-9-5-4-6-12-13(9)17-14(10(2)15)18(12)8-7-16-11(3)19/h4-6,10H,7-8H2,1-3H3,(H,16,19). The van der Waals surface area contributed by atoms with Gasteiger partial charge in [-0.25, -0.2) is 4.98 Å². The SMILES string of the molecule is CC(=O)NCCn1c(C(C)Cl)nc2c(C)cccc21. The molecule has 1 amide bonds. The van der Waals surface area contributed by atoms with E-state index in [-0.39, 0.29) is 11.3 Å². The Morgan fingerprint density at radius 2 is 2.26 bits per heavy atom. The smallest absolute Gasteiger partial charge is 0.216 e. The van der Waals surface area contributed by atoms with Crippen LogP contribution < -0.4 is 5.32 Å². The predicted octanol–water partition coefficient (Wildman–Crippen LogP) is 2.78. The van der Waals surface area contributed by atoms with Crippen LogP contribution in [-0.2, 0) is 11.3 Å². The Balaban J connectivity index is 2.41. The van der Waals surface area contributed by atoms with Gasteiger partial charge < -0.3 is 9.88 Å². The second kappa shape index (κ2) is 5.61. The number of carbonyl (C=O) groups excluding carboxylic acids is 1. The molecule has 1 aromatic carbocycles. The van der Waals surface area contributed by atoms with Gasteiger partial charge in [0, 0.05) is 20.0 Å². The maximum absolute atomic E-state index is 10.9. The normalized spacial score (nSPS) is 12.6. The van der Waals surface area contributed by atoms with Crippen molar-refractivity contribution in [1.82, 2.24) is 14.9 Å². The van der Waals surface area contributed by atoms with Crippen molar-refractivity contribution in [3.05, 3.63) is 29.6 Å². The van der Waals surface area contributed by atoms with Crippen molar-refractivity contribution in [1.29, 1.82) is 0 Å². The van der Waals surface area contributed by atoms with Crippen molar-refractivity contribution < 1.29 is 4.79 Å². The highest BCUT2D eigenvalue weighted by Crippen LogP contribution is 2.26. The van der Waals surface area contributed by atoms with Gasteiger partial charge in [-0.1, -0.05) is 12.1 Å². The molecule has 2 rings (SSSR count). The van der Waals surface area contributed by atoms with E-state index in [2.05, 4.69) is 14.9 Å². The lowest BCUT2D eigenvalue weighted by Gasteiger charge is -2.10. The first-order valence-electron chi connectivity index (χ1n) is 6.35. The summed E-state index contributed by atoms with van der Waals surface area (Å²) in [6, 6.07) is 6.08. The molecule has 0 saturated heterocycles. The first-order chi connectivity index (χ1) is 9.00. The first kappa shape index (κ1) is 13.9. The van der Waals surface area contributed by atoms with E-state index in [1.165, 1.54) is 6.92 Å². The van der Waals surface area contributed by atoms with Crippen LogP contribution in [0.25, 0.3) is 11.0 Å². The summed E-state index contributed by atoms with van der Waals surface area (Å²) in [7, 11) is 0. The zero-order valence-electron chi connectivity index (χ0n) is 11.4. The molecular weight excluding hydrogens is 262 g/mol. The Kier molecular flexibility index (Phi) is 4.10. The molecule has 2 aromatic rings. The van der Waals surface area contributed by atoms with Crippen LogP contribution in [0.2, 0.25) is 0 Å². The highest BCUT2D eigenvalue weighted by molar-refractivity contribution is 6.20. The summed E-state index contributed by atoms with van der Waals surface area (Å²) in [5.41, 5.74) is 3.18. The number of nitrogens with zero attached hydrogens (tertiary/aromatic N) is 2. The van der Waals surface area contributed by atoms with Crippen molar-refractivity contribution >= 4 is 28.5 Å². The summed E-state index contributed by atoms with van der Waals surface area (Å²) in [6.45, 7) is 6.71. The van der Waals surface area contributed by atoms with Crippen LogP contribution in [0.15, 0.2) is 18.2 Å². The molecule has 1 unspecified atom stereocenters. The maximum atomic E-state index is 10.9. The number of imidazole rings is 1. The fraction of sp³-hybridized carbons (Fsp3) is 0.429. The van der Waals surface area contributed by atoms with Gasteiger partial charge in [0.2, 0.25) is 5.91 Å². The third kappa shape index (κ3) is 2.89. The van der Waals surface area contributed by atoms with Crippen LogP contribution in [0.5, 0.6) is 0 Å². The van der Waals surface area contributed by atoms with Gasteiger partial charge in [-0.05, 0) is 25.5 Å². The molecule has 102 valence electrons. The Hall–Kier alpha value is -1.55. The molecule has 1 N–H and O–H groups in total. The highest BCUT2D eigenvalue weighted by Gasteiger charge is 2.15. The largest absolute Gasteiger partial charge is 0.355 e. The van der Waals surface area contributed by atoms with E-state index >= 15 is 0 Å². The lowest BCUT2D eigenvalue weighted by atomic mass is 10.2. The predicted molar refractivity (Wildman–Crippen MR) is 77.4 cm³/mol. The molecule has 0 aliphatic carbocycles. The minimum atomic E-state index is -0.163. The van der Waals surface area contributed by atoms with Gasteiger partial charge in [0.25, 0.3) is 0 Å². The average Bonchev–Trinajstić information content (AvgIpc) is 2.70. The molecule has 0 aliphatic heterocycles. The van der Waals surface area contributed by atoms with Crippen LogP contribution in [-0.4, -0.2) is 22.0 Å². The Labute approximate surface area is 117 Å². The first-order valence-corrected chi connectivity index (χ1v) is 6.78. The molecule has 0 bridgehead atoms. The number of halogens is 1. The minimum absolute atomic E-state index is 0.0268. The number of benzene rings is 1. The van der Waals surface area contributed by atoms with E-state index in [4.69, 9.17) is 11.6 Å². The summed E-state index contributed by atoms with van der Waals surface area (Å²) in [6.07, 6.45) is 0. The van der Waals surface area contributed by atoms with Crippen molar-refractivity contribution in [3.8, 4) is 0 Å². The third-order valence-electron chi connectivity index (χ3n) is 3.08. The fourth-order valence-electron chi connectivity index (χ4n) is 2.19. The van der Waals surface area contributed by atoms with E-state index in [9.17, 15) is 4.79 Å². The summed E-state index contributed by atoms with van der Waals surface area (Å²) in [5.74, 6) is 0.817. The number of nitrogens with one attached hydrogen (secondary N) is 1. The van der Waals surface area contributed by atoms with Gasteiger partial charge in [-0.3, -0.25) is 4.79 Å². The molecular formula is C14H18ClN3O. The van der Waals surface area contributed by atoms with Gasteiger partial charge in [-0.15, -0.1) is 11.6 Å². The fourth-order valence-corrected chi connectivity index (χ4v) is 2.35. The van der Waals surface area contributed by atoms with Crippen LogP contribution >= 0.6 is 11.6 Å². The molecule has 0 spiro atoms. The van der Waals surface area contributed by atoms with Crippen molar-refractivity contribution in [2.45, 2.75) is 32.7 Å². The number of hydrogen-bond acceptors (Lipinski definition) is 2. The number of para-hydroxylation sites is 1. The summed E-state index contributed by atoms with van der Waals surface area (Å²) in [5, 5.41) is 2.64. The number of amides is 1. The molecule has 5 heteroatoms. The summed E-state index contributed by atoms with van der Waals surface area (Å²) >= 11 is 6.20. The van der Waals surface area contributed by atoms with E-state index in [0.717, 1.165) is 22.4 Å². The number of aryl methyl sites for hydroxylation is 1. The monoisotopic (exact) mass is 279 g/mol. The van der Waals surface area contributed by atoms with E-state index in [1.54, 1.807) is 0 Å². The van der Waals surface area contributed by atoms with Gasteiger partial charge in [0.15, 0.2) is 0 Å². The number of fused-ring (bicyclic) bond motifs is 1. The molecule has 1 heterocycles. The number of carbonyl (C=O) groups is 1. The van der Waals surface area contributed by atoms with Crippen molar-refractivity contribution in [2.75, 3.05) is 6.54 Å². The Morgan fingerprint density at radius 1 is 1.53 bits per heavy atom. The topological polar surface area (TPSA) is 46.9 Å². The molecule has 0 aliphatic rings. The summed E-state index contributed by atoms with van der Waals surface area (Å²) in [4.78, 5) is 15.6. The zero-order chi connectivity index (χ0) is 14.0. The molecule has 19 heavy (non-hydrogen) atoms. The highest BCUT2D eigenvalue weighted by atomic mass is 35.5. The van der Waals surface area contributed by atoms with Gasteiger partial charge in [0.1, 0.15) is 5.82 Å². The lowest BCUT2D eigenvalue weighted by molar-refractivity contribution is -0.118. The van der Waals surface area contributed by atoms with E-state index in [1.807, 2.05) is 32.0 Å². The Bertz CT molecular complexity index is 604. The number of rotatable bonds is 4. The van der Waals surface area contributed by atoms with Crippen molar-refractivity contribution in [2.24, 2.45) is 0 Å². The molecule has 4 nitrogen and oxygen atoms in total. The molecule has 0 fully saturated rings. The van der Waals surface area contributed by atoms with Crippen molar-refractivity contribution in [3.63, 3.8) is 0 Å². The third-order valence-corrected chi connectivity index (χ3v) is 3.27. The number of hydrogen-bond donors (Lipinski definition) is 1.